The van der Waals surface area contributed by atoms with E-state index in [-0.39, 0.29) is 18.4 Å². The van der Waals surface area contributed by atoms with Crippen molar-refractivity contribution in [2.45, 2.75) is 39.3 Å². The molecule has 0 aliphatic carbocycles. The molecule has 1 aromatic rings. The number of rotatable bonds is 4. The Labute approximate surface area is 88.2 Å². The lowest BCUT2D eigenvalue weighted by Gasteiger charge is -2.03. The SMILES string of the molecule is CC(N)C(=O)NCc1nc(C(C)C)no1. The molecule has 6 nitrogen and oxygen atoms in total. The summed E-state index contributed by atoms with van der Waals surface area (Å²) in [4.78, 5) is 15.2. The van der Waals surface area contributed by atoms with Gasteiger partial charge in [0.15, 0.2) is 5.82 Å². The molecule has 0 saturated heterocycles. The molecular formula is C9H16N4O2. The van der Waals surface area contributed by atoms with Crippen LogP contribution in [0.5, 0.6) is 0 Å². The van der Waals surface area contributed by atoms with Gasteiger partial charge in [-0.05, 0) is 6.92 Å². The summed E-state index contributed by atoms with van der Waals surface area (Å²) >= 11 is 0. The topological polar surface area (TPSA) is 94.0 Å². The Bertz CT molecular complexity index is 333. The van der Waals surface area contributed by atoms with Gasteiger partial charge in [0.25, 0.3) is 0 Å². The van der Waals surface area contributed by atoms with Gasteiger partial charge in [-0.2, -0.15) is 4.98 Å². The van der Waals surface area contributed by atoms with E-state index in [1.807, 2.05) is 13.8 Å². The zero-order valence-corrected chi connectivity index (χ0v) is 9.15. The van der Waals surface area contributed by atoms with E-state index in [4.69, 9.17) is 10.3 Å². The Balaban J connectivity index is 2.48. The first kappa shape index (κ1) is 11.6. The van der Waals surface area contributed by atoms with E-state index >= 15 is 0 Å². The molecule has 15 heavy (non-hydrogen) atoms. The fourth-order valence-electron chi connectivity index (χ4n) is 0.898. The fourth-order valence-corrected chi connectivity index (χ4v) is 0.898. The highest BCUT2D eigenvalue weighted by atomic mass is 16.5. The first-order chi connectivity index (χ1) is 7.00. The van der Waals surface area contributed by atoms with Crippen molar-refractivity contribution in [1.82, 2.24) is 15.5 Å². The first-order valence-electron chi connectivity index (χ1n) is 4.86. The lowest BCUT2D eigenvalue weighted by atomic mass is 10.2. The lowest BCUT2D eigenvalue weighted by Crippen LogP contribution is -2.37. The van der Waals surface area contributed by atoms with E-state index in [9.17, 15) is 4.79 Å². The number of amides is 1. The number of hydrogen-bond donors (Lipinski definition) is 2. The number of nitrogens with one attached hydrogen (secondary N) is 1. The van der Waals surface area contributed by atoms with Gasteiger partial charge in [-0.1, -0.05) is 19.0 Å². The molecule has 0 aromatic carbocycles. The van der Waals surface area contributed by atoms with Crippen molar-refractivity contribution >= 4 is 5.91 Å². The Kier molecular flexibility index (Phi) is 3.79. The molecule has 0 saturated carbocycles. The molecule has 0 aliphatic heterocycles. The highest BCUT2D eigenvalue weighted by molar-refractivity contribution is 5.80. The Morgan fingerprint density at radius 3 is 2.67 bits per heavy atom. The molecular weight excluding hydrogens is 196 g/mol. The van der Waals surface area contributed by atoms with Gasteiger partial charge in [0.05, 0.1) is 12.6 Å². The van der Waals surface area contributed by atoms with Gasteiger partial charge in [0.1, 0.15) is 0 Å². The van der Waals surface area contributed by atoms with E-state index in [2.05, 4.69) is 15.5 Å². The molecule has 1 amide bonds. The number of aromatic nitrogens is 2. The molecule has 1 aromatic heterocycles. The van der Waals surface area contributed by atoms with Crippen LogP contribution in [-0.4, -0.2) is 22.1 Å². The second-order valence-electron chi connectivity index (χ2n) is 3.71. The normalized spacial score (nSPS) is 12.9. The maximum absolute atomic E-state index is 11.1. The monoisotopic (exact) mass is 212 g/mol. The molecule has 1 rings (SSSR count). The van der Waals surface area contributed by atoms with Crippen LogP contribution in [0, 0.1) is 0 Å². The van der Waals surface area contributed by atoms with E-state index in [0.717, 1.165) is 0 Å². The summed E-state index contributed by atoms with van der Waals surface area (Å²) in [6.45, 7) is 5.77. The van der Waals surface area contributed by atoms with Crippen LogP contribution in [0.25, 0.3) is 0 Å². The fraction of sp³-hybridized carbons (Fsp3) is 0.667. The highest BCUT2D eigenvalue weighted by Crippen LogP contribution is 2.09. The van der Waals surface area contributed by atoms with Gasteiger partial charge in [0, 0.05) is 5.92 Å². The van der Waals surface area contributed by atoms with Crippen molar-refractivity contribution in [2.24, 2.45) is 5.73 Å². The molecule has 1 atom stereocenters. The molecule has 1 heterocycles. The zero-order chi connectivity index (χ0) is 11.4. The van der Waals surface area contributed by atoms with E-state index in [1.165, 1.54) is 0 Å². The average Bonchev–Trinajstić information content (AvgIpc) is 2.62. The van der Waals surface area contributed by atoms with Crippen LogP contribution in [-0.2, 0) is 11.3 Å². The highest BCUT2D eigenvalue weighted by Gasteiger charge is 2.11. The molecule has 0 radical (unpaired) electrons. The number of nitrogens with two attached hydrogens (primary N) is 1. The summed E-state index contributed by atoms with van der Waals surface area (Å²) in [5.41, 5.74) is 5.37. The van der Waals surface area contributed by atoms with E-state index in [0.29, 0.717) is 11.7 Å². The van der Waals surface area contributed by atoms with E-state index < -0.39 is 6.04 Å². The van der Waals surface area contributed by atoms with Gasteiger partial charge in [-0.25, -0.2) is 0 Å². The second-order valence-corrected chi connectivity index (χ2v) is 3.71. The van der Waals surface area contributed by atoms with Crippen molar-refractivity contribution in [3.05, 3.63) is 11.7 Å². The maximum Gasteiger partial charge on any atom is 0.246 e. The van der Waals surface area contributed by atoms with Crippen molar-refractivity contribution in [3.8, 4) is 0 Å². The first-order valence-corrected chi connectivity index (χ1v) is 4.86. The minimum atomic E-state index is -0.530. The van der Waals surface area contributed by atoms with Crippen LogP contribution < -0.4 is 11.1 Å². The smallest absolute Gasteiger partial charge is 0.246 e. The molecule has 0 bridgehead atoms. The van der Waals surface area contributed by atoms with Gasteiger partial charge >= 0.3 is 0 Å². The second kappa shape index (κ2) is 4.88. The van der Waals surface area contributed by atoms with Gasteiger partial charge in [-0.3, -0.25) is 4.79 Å². The molecule has 0 aliphatic rings. The molecule has 3 N–H and O–H groups in total. The third-order valence-electron chi connectivity index (χ3n) is 1.83. The Morgan fingerprint density at radius 1 is 1.53 bits per heavy atom. The van der Waals surface area contributed by atoms with Crippen molar-refractivity contribution in [1.29, 1.82) is 0 Å². The van der Waals surface area contributed by atoms with Crippen molar-refractivity contribution in [3.63, 3.8) is 0 Å². The summed E-state index contributed by atoms with van der Waals surface area (Å²) in [6, 6.07) is -0.530. The van der Waals surface area contributed by atoms with E-state index in [1.54, 1.807) is 6.92 Å². The number of carbonyl (C=O) groups excluding carboxylic acids is 1. The van der Waals surface area contributed by atoms with Gasteiger partial charge in [0.2, 0.25) is 11.8 Å². The van der Waals surface area contributed by atoms with Crippen molar-refractivity contribution < 1.29 is 9.32 Å². The summed E-state index contributed by atoms with van der Waals surface area (Å²) < 4.78 is 4.94. The molecule has 0 fully saturated rings. The summed E-state index contributed by atoms with van der Waals surface area (Å²) in [6.07, 6.45) is 0. The van der Waals surface area contributed by atoms with Crippen LogP contribution in [0.2, 0.25) is 0 Å². The predicted molar refractivity (Wildman–Crippen MR) is 53.9 cm³/mol. The van der Waals surface area contributed by atoms with Crippen LogP contribution in [0.1, 0.15) is 38.4 Å². The molecule has 1 unspecified atom stereocenters. The van der Waals surface area contributed by atoms with Crippen LogP contribution >= 0.6 is 0 Å². The Hall–Kier alpha value is -1.43. The summed E-state index contributed by atoms with van der Waals surface area (Å²) in [5.74, 6) is 1.01. The minimum Gasteiger partial charge on any atom is -0.346 e. The quantitative estimate of drug-likeness (QED) is 0.741. The summed E-state index contributed by atoms with van der Waals surface area (Å²) in [5, 5.41) is 6.36. The number of carbonyl (C=O) groups is 1. The zero-order valence-electron chi connectivity index (χ0n) is 9.15. The standard InChI is InChI=1S/C9H16N4O2/c1-5(2)8-12-7(15-13-8)4-11-9(14)6(3)10/h5-6H,4,10H2,1-3H3,(H,11,14). The van der Waals surface area contributed by atoms with Gasteiger partial charge in [-0.15, -0.1) is 0 Å². The third-order valence-corrected chi connectivity index (χ3v) is 1.83. The van der Waals surface area contributed by atoms with Crippen LogP contribution in [0.3, 0.4) is 0 Å². The Morgan fingerprint density at radius 2 is 2.20 bits per heavy atom. The van der Waals surface area contributed by atoms with Gasteiger partial charge < -0.3 is 15.6 Å². The third kappa shape index (κ3) is 3.32. The van der Waals surface area contributed by atoms with Crippen LogP contribution in [0.15, 0.2) is 4.52 Å². The van der Waals surface area contributed by atoms with Crippen molar-refractivity contribution in [2.75, 3.05) is 0 Å². The number of nitrogens with zero attached hydrogens (tertiary/aromatic N) is 2. The minimum absolute atomic E-state index is 0.214. The predicted octanol–water partition coefficient (Wildman–Crippen LogP) is 0.156. The average molecular weight is 212 g/mol. The maximum atomic E-state index is 11.1. The van der Waals surface area contributed by atoms with Crippen LogP contribution in [0.4, 0.5) is 0 Å². The summed E-state index contributed by atoms with van der Waals surface area (Å²) in [7, 11) is 0. The molecule has 84 valence electrons. The lowest BCUT2D eigenvalue weighted by molar-refractivity contribution is -0.122. The number of hydrogen-bond acceptors (Lipinski definition) is 5. The molecule has 6 heteroatoms. The largest absolute Gasteiger partial charge is 0.346 e. The molecule has 0 spiro atoms.